The lowest BCUT2D eigenvalue weighted by Gasteiger charge is -2.30. The number of rotatable bonds is 6. The number of nitrogens with zero attached hydrogens (tertiary/aromatic N) is 1. The highest BCUT2D eigenvalue weighted by atomic mass is 32.2. The van der Waals surface area contributed by atoms with Gasteiger partial charge in [0, 0.05) is 6.54 Å². The van der Waals surface area contributed by atoms with Crippen LogP contribution in [0.5, 0.6) is 5.75 Å². The third-order valence-corrected chi connectivity index (χ3v) is 6.79. The van der Waals surface area contributed by atoms with E-state index in [0.29, 0.717) is 17.5 Å². The first-order valence-corrected chi connectivity index (χ1v) is 11.2. The van der Waals surface area contributed by atoms with Gasteiger partial charge in [0.1, 0.15) is 16.4 Å². The van der Waals surface area contributed by atoms with Crippen LogP contribution in [0.2, 0.25) is 0 Å². The van der Waals surface area contributed by atoms with Gasteiger partial charge in [-0.3, -0.25) is 4.79 Å². The SMILES string of the molecule is CC(C)(C)N1C(=O)C(NCCc2ccc(OC(F)(F)F)cc2)=C(c2ccccc2)S1(=O)=O. The Morgan fingerprint density at radius 2 is 1.56 bits per heavy atom. The Morgan fingerprint density at radius 3 is 2.09 bits per heavy atom. The van der Waals surface area contributed by atoms with Gasteiger partial charge in [-0.2, -0.15) is 0 Å². The summed E-state index contributed by atoms with van der Waals surface area (Å²) in [7, 11) is -4.08. The molecule has 1 N–H and O–H groups in total. The smallest absolute Gasteiger partial charge is 0.406 e. The number of halogens is 3. The van der Waals surface area contributed by atoms with Gasteiger partial charge in [0.2, 0.25) is 0 Å². The summed E-state index contributed by atoms with van der Waals surface area (Å²) in [6.45, 7) is 5.11. The second kappa shape index (κ2) is 8.50. The predicted octanol–water partition coefficient (Wildman–Crippen LogP) is 4.06. The maximum absolute atomic E-state index is 13.2. The largest absolute Gasteiger partial charge is 0.573 e. The zero-order chi connectivity index (χ0) is 23.7. The number of hydrogen-bond acceptors (Lipinski definition) is 5. The molecule has 0 bridgehead atoms. The molecule has 1 aliphatic heterocycles. The molecule has 10 heteroatoms. The molecule has 0 fully saturated rings. The summed E-state index contributed by atoms with van der Waals surface area (Å²) < 4.78 is 68.1. The fourth-order valence-electron chi connectivity index (χ4n) is 3.42. The summed E-state index contributed by atoms with van der Waals surface area (Å²) in [6.07, 6.45) is -4.42. The first-order valence-electron chi connectivity index (χ1n) is 9.79. The van der Waals surface area contributed by atoms with E-state index in [-0.39, 0.29) is 22.9 Å². The highest BCUT2D eigenvalue weighted by Crippen LogP contribution is 2.38. The molecule has 1 heterocycles. The van der Waals surface area contributed by atoms with Crippen LogP contribution in [0, 0.1) is 0 Å². The van der Waals surface area contributed by atoms with Crippen LogP contribution in [0.25, 0.3) is 4.91 Å². The van der Waals surface area contributed by atoms with E-state index in [9.17, 15) is 26.4 Å². The second-order valence-electron chi connectivity index (χ2n) is 8.18. The number of alkyl halides is 3. The number of sulfonamides is 1. The number of amides is 1. The van der Waals surface area contributed by atoms with Crippen molar-refractivity contribution >= 4 is 20.8 Å². The molecule has 0 atom stereocenters. The first kappa shape index (κ1) is 23.6. The van der Waals surface area contributed by atoms with Crippen LogP contribution in [0.1, 0.15) is 31.9 Å². The van der Waals surface area contributed by atoms with E-state index in [1.807, 2.05) is 0 Å². The number of carbonyl (C=O) groups is 1. The molecule has 3 rings (SSSR count). The molecule has 32 heavy (non-hydrogen) atoms. The van der Waals surface area contributed by atoms with Gasteiger partial charge in [-0.05, 0) is 50.5 Å². The van der Waals surface area contributed by atoms with Gasteiger partial charge in [0.25, 0.3) is 15.9 Å². The third-order valence-electron chi connectivity index (χ3n) is 4.64. The van der Waals surface area contributed by atoms with Crippen molar-refractivity contribution in [3.05, 3.63) is 71.4 Å². The molecule has 2 aromatic carbocycles. The van der Waals surface area contributed by atoms with Crippen molar-refractivity contribution < 1.29 is 31.1 Å². The third kappa shape index (κ3) is 5.07. The summed E-state index contributed by atoms with van der Waals surface area (Å²) in [5.74, 6) is -0.980. The zero-order valence-corrected chi connectivity index (χ0v) is 18.5. The normalized spacial score (nSPS) is 16.4. The van der Waals surface area contributed by atoms with Gasteiger partial charge < -0.3 is 10.1 Å². The Balaban J connectivity index is 1.83. The molecule has 6 nitrogen and oxygen atoms in total. The molecule has 0 aliphatic carbocycles. The molecule has 0 radical (unpaired) electrons. The van der Waals surface area contributed by atoms with Gasteiger partial charge in [-0.25, -0.2) is 12.7 Å². The summed E-state index contributed by atoms with van der Waals surface area (Å²) in [5.41, 5.74) is 0.0926. The monoisotopic (exact) mass is 468 g/mol. The lowest BCUT2D eigenvalue weighted by Crippen LogP contribution is -2.46. The van der Waals surface area contributed by atoms with Crippen molar-refractivity contribution in [1.82, 2.24) is 9.62 Å². The molecule has 1 aliphatic rings. The second-order valence-corrected chi connectivity index (χ2v) is 9.91. The molecular weight excluding hydrogens is 445 g/mol. The summed E-state index contributed by atoms with van der Waals surface area (Å²) in [6, 6.07) is 13.7. The Kier molecular flexibility index (Phi) is 6.28. The molecular formula is C22H23F3N2O4S. The van der Waals surface area contributed by atoms with Gasteiger partial charge in [-0.1, -0.05) is 42.5 Å². The van der Waals surface area contributed by atoms with Gasteiger partial charge in [0.15, 0.2) is 0 Å². The zero-order valence-electron chi connectivity index (χ0n) is 17.7. The fourth-order valence-corrected chi connectivity index (χ4v) is 5.49. The number of hydrogen-bond donors (Lipinski definition) is 1. The summed E-state index contributed by atoms with van der Waals surface area (Å²) >= 11 is 0. The van der Waals surface area contributed by atoms with Crippen LogP contribution in [-0.2, 0) is 21.2 Å². The Morgan fingerprint density at radius 1 is 0.969 bits per heavy atom. The minimum atomic E-state index is -4.77. The molecule has 0 aromatic heterocycles. The molecule has 172 valence electrons. The minimum absolute atomic E-state index is 0.0249. The number of benzene rings is 2. The Hall–Kier alpha value is -3.01. The lowest BCUT2D eigenvalue weighted by molar-refractivity contribution is -0.274. The van der Waals surface area contributed by atoms with E-state index in [2.05, 4.69) is 10.1 Å². The van der Waals surface area contributed by atoms with Gasteiger partial charge in [0.05, 0.1) is 5.54 Å². The lowest BCUT2D eigenvalue weighted by atomic mass is 10.1. The first-order chi connectivity index (χ1) is 14.8. The molecule has 1 amide bonds. The maximum Gasteiger partial charge on any atom is 0.573 e. The molecule has 0 unspecified atom stereocenters. The van der Waals surface area contributed by atoms with E-state index in [0.717, 1.165) is 4.31 Å². The summed E-state index contributed by atoms with van der Waals surface area (Å²) in [4.78, 5) is 13.0. The Bertz CT molecular complexity index is 1120. The van der Waals surface area contributed by atoms with Crippen molar-refractivity contribution in [2.24, 2.45) is 0 Å². The van der Waals surface area contributed by atoms with Crippen molar-refractivity contribution in [3.63, 3.8) is 0 Å². The van der Waals surface area contributed by atoms with Crippen LogP contribution < -0.4 is 10.1 Å². The van der Waals surface area contributed by atoms with Crippen LogP contribution in [-0.4, -0.2) is 37.1 Å². The highest BCUT2D eigenvalue weighted by Gasteiger charge is 2.49. The van der Waals surface area contributed by atoms with E-state index in [1.54, 1.807) is 51.1 Å². The topological polar surface area (TPSA) is 75.7 Å². The Labute approximate surface area is 184 Å². The molecule has 0 spiro atoms. The van der Waals surface area contributed by atoms with Crippen LogP contribution in [0.4, 0.5) is 13.2 Å². The van der Waals surface area contributed by atoms with E-state index in [4.69, 9.17) is 0 Å². The van der Waals surface area contributed by atoms with Crippen molar-refractivity contribution in [1.29, 1.82) is 0 Å². The van der Waals surface area contributed by atoms with Crippen molar-refractivity contribution in [2.45, 2.75) is 39.1 Å². The van der Waals surface area contributed by atoms with Gasteiger partial charge >= 0.3 is 6.36 Å². The predicted molar refractivity (Wildman–Crippen MR) is 114 cm³/mol. The van der Waals surface area contributed by atoms with Crippen LogP contribution >= 0.6 is 0 Å². The van der Waals surface area contributed by atoms with Crippen molar-refractivity contribution in [3.8, 4) is 5.75 Å². The quantitative estimate of drug-likeness (QED) is 0.692. The van der Waals surface area contributed by atoms with E-state index >= 15 is 0 Å². The molecule has 2 aromatic rings. The van der Waals surface area contributed by atoms with Gasteiger partial charge in [-0.15, -0.1) is 13.2 Å². The summed E-state index contributed by atoms with van der Waals surface area (Å²) in [5, 5.41) is 2.94. The minimum Gasteiger partial charge on any atom is -0.406 e. The standard InChI is InChI=1S/C22H23F3N2O4S/c1-21(2,3)27-20(28)18(19(32(27,29)30)16-7-5-4-6-8-16)26-14-13-15-9-11-17(12-10-15)31-22(23,24)25/h4-12,26H,13-14H2,1-3H3. The van der Waals surface area contributed by atoms with E-state index in [1.165, 1.54) is 24.3 Å². The number of nitrogens with one attached hydrogen (secondary N) is 1. The average molecular weight is 468 g/mol. The highest BCUT2D eigenvalue weighted by molar-refractivity contribution is 7.99. The van der Waals surface area contributed by atoms with Crippen molar-refractivity contribution in [2.75, 3.05) is 6.54 Å². The average Bonchev–Trinajstić information content (AvgIpc) is 2.87. The number of ether oxygens (including phenoxy) is 1. The molecule has 0 saturated heterocycles. The van der Waals surface area contributed by atoms with Crippen LogP contribution in [0.15, 0.2) is 60.3 Å². The van der Waals surface area contributed by atoms with Crippen LogP contribution in [0.3, 0.4) is 0 Å². The van der Waals surface area contributed by atoms with E-state index < -0.39 is 27.8 Å². The maximum atomic E-state index is 13.2. The number of carbonyl (C=O) groups excluding carboxylic acids is 1. The molecule has 0 saturated carbocycles. The fraction of sp³-hybridized carbons (Fsp3) is 0.318.